The standard InChI is InChI=1S/C15H12N2S/c1-11-7-12(9-16)15(18)13(8-11)10-17-14-5-3-2-4-6-14/h2-8,10,18H,1H3. The zero-order valence-corrected chi connectivity index (χ0v) is 10.9. The van der Waals surface area contributed by atoms with Crippen molar-refractivity contribution < 1.29 is 0 Å². The topological polar surface area (TPSA) is 36.1 Å². The highest BCUT2D eigenvalue weighted by molar-refractivity contribution is 7.80. The second-order valence-corrected chi connectivity index (χ2v) is 4.40. The number of benzene rings is 2. The fraction of sp³-hybridized carbons (Fsp3) is 0.0667. The van der Waals surface area contributed by atoms with Crippen LogP contribution < -0.4 is 0 Å². The number of hydrogen-bond acceptors (Lipinski definition) is 3. The minimum atomic E-state index is 0.577. The van der Waals surface area contributed by atoms with Crippen molar-refractivity contribution >= 4 is 24.5 Å². The minimum absolute atomic E-state index is 0.577. The fourth-order valence-corrected chi connectivity index (χ4v) is 1.89. The van der Waals surface area contributed by atoms with Gasteiger partial charge in [-0.1, -0.05) is 18.2 Å². The molecule has 0 heterocycles. The van der Waals surface area contributed by atoms with E-state index in [1.54, 1.807) is 6.21 Å². The van der Waals surface area contributed by atoms with E-state index in [-0.39, 0.29) is 0 Å². The normalized spacial score (nSPS) is 10.5. The number of thiol groups is 1. The van der Waals surface area contributed by atoms with Crippen molar-refractivity contribution in [2.24, 2.45) is 4.99 Å². The molecule has 0 fully saturated rings. The first kappa shape index (κ1) is 12.4. The van der Waals surface area contributed by atoms with E-state index in [1.807, 2.05) is 49.4 Å². The number of hydrogen-bond donors (Lipinski definition) is 1. The predicted molar refractivity (Wildman–Crippen MR) is 76.8 cm³/mol. The lowest BCUT2D eigenvalue weighted by molar-refractivity contribution is 1.31. The lowest BCUT2D eigenvalue weighted by Crippen LogP contribution is -1.90. The van der Waals surface area contributed by atoms with E-state index < -0.39 is 0 Å². The van der Waals surface area contributed by atoms with Crippen LogP contribution in [0.2, 0.25) is 0 Å². The third-order valence-electron chi connectivity index (χ3n) is 2.51. The molecule has 0 aliphatic heterocycles. The Bertz CT molecular complexity index is 625. The number of para-hydroxylation sites is 1. The summed E-state index contributed by atoms with van der Waals surface area (Å²) in [5.41, 5.74) is 3.34. The van der Waals surface area contributed by atoms with Gasteiger partial charge in [0.15, 0.2) is 0 Å². The van der Waals surface area contributed by atoms with E-state index in [9.17, 15) is 0 Å². The van der Waals surface area contributed by atoms with Crippen LogP contribution in [0.5, 0.6) is 0 Å². The summed E-state index contributed by atoms with van der Waals surface area (Å²) in [6.45, 7) is 1.95. The molecule has 2 nitrogen and oxygen atoms in total. The van der Waals surface area contributed by atoms with Gasteiger partial charge < -0.3 is 0 Å². The molecule has 0 aliphatic carbocycles. The second-order valence-electron chi connectivity index (χ2n) is 3.96. The molecule has 2 aromatic rings. The maximum absolute atomic E-state index is 9.01. The van der Waals surface area contributed by atoms with Gasteiger partial charge >= 0.3 is 0 Å². The Morgan fingerprint density at radius 2 is 1.94 bits per heavy atom. The maximum atomic E-state index is 9.01. The van der Waals surface area contributed by atoms with Crippen LogP contribution in [0.4, 0.5) is 5.69 Å². The van der Waals surface area contributed by atoms with E-state index in [4.69, 9.17) is 5.26 Å². The van der Waals surface area contributed by atoms with Crippen LogP contribution in [-0.2, 0) is 0 Å². The van der Waals surface area contributed by atoms with Gasteiger partial charge in [0.1, 0.15) is 6.07 Å². The molecule has 0 aliphatic rings. The SMILES string of the molecule is Cc1cc(C#N)c(S)c(C=Nc2ccccc2)c1. The molecule has 0 N–H and O–H groups in total. The van der Waals surface area contributed by atoms with Gasteiger partial charge in [0.05, 0.1) is 11.3 Å². The van der Waals surface area contributed by atoms with Crippen LogP contribution in [0, 0.1) is 18.3 Å². The van der Waals surface area contributed by atoms with E-state index >= 15 is 0 Å². The van der Waals surface area contributed by atoms with Gasteiger partial charge in [-0.15, -0.1) is 12.6 Å². The zero-order valence-electron chi connectivity index (χ0n) is 9.96. The maximum Gasteiger partial charge on any atom is 0.100 e. The minimum Gasteiger partial charge on any atom is -0.256 e. The number of rotatable bonds is 2. The van der Waals surface area contributed by atoms with Gasteiger partial charge in [0.25, 0.3) is 0 Å². The summed E-state index contributed by atoms with van der Waals surface area (Å²) in [5, 5.41) is 9.01. The smallest absolute Gasteiger partial charge is 0.100 e. The van der Waals surface area contributed by atoms with Crippen LogP contribution in [0.1, 0.15) is 16.7 Å². The average Bonchev–Trinajstić information content (AvgIpc) is 2.40. The molecular formula is C15H12N2S. The molecule has 0 atom stereocenters. The van der Waals surface area contributed by atoms with Crippen molar-refractivity contribution in [3.05, 3.63) is 59.2 Å². The quantitative estimate of drug-likeness (QED) is 0.638. The van der Waals surface area contributed by atoms with Gasteiger partial charge in [-0.05, 0) is 36.8 Å². The van der Waals surface area contributed by atoms with Crippen molar-refractivity contribution in [3.63, 3.8) is 0 Å². The van der Waals surface area contributed by atoms with Gasteiger partial charge in [-0.3, -0.25) is 4.99 Å². The molecule has 0 saturated carbocycles. The Morgan fingerprint density at radius 1 is 1.22 bits per heavy atom. The Kier molecular flexibility index (Phi) is 3.81. The molecule has 88 valence electrons. The van der Waals surface area contributed by atoms with Crippen molar-refractivity contribution in [3.8, 4) is 6.07 Å². The largest absolute Gasteiger partial charge is 0.256 e. The predicted octanol–water partition coefficient (Wildman–Crippen LogP) is 3.91. The molecule has 18 heavy (non-hydrogen) atoms. The molecule has 0 aromatic heterocycles. The summed E-state index contributed by atoms with van der Waals surface area (Å²) in [6.07, 6.45) is 1.74. The van der Waals surface area contributed by atoms with E-state index in [2.05, 4.69) is 23.7 Å². The van der Waals surface area contributed by atoms with Crippen molar-refractivity contribution in [2.45, 2.75) is 11.8 Å². The molecule has 2 rings (SSSR count). The summed E-state index contributed by atoms with van der Waals surface area (Å²) >= 11 is 4.37. The fourth-order valence-electron chi connectivity index (χ4n) is 1.65. The summed E-state index contributed by atoms with van der Waals surface area (Å²) < 4.78 is 0. The first-order valence-corrected chi connectivity index (χ1v) is 5.98. The first-order valence-electron chi connectivity index (χ1n) is 5.53. The van der Waals surface area contributed by atoms with Crippen molar-refractivity contribution in [1.29, 1.82) is 5.26 Å². The van der Waals surface area contributed by atoms with Gasteiger partial charge in [-0.2, -0.15) is 5.26 Å². The molecule has 0 bridgehead atoms. The van der Waals surface area contributed by atoms with Gasteiger partial charge in [-0.25, -0.2) is 0 Å². The molecule has 0 amide bonds. The summed E-state index contributed by atoms with van der Waals surface area (Å²) in [4.78, 5) is 5.04. The highest BCUT2D eigenvalue weighted by atomic mass is 32.1. The third kappa shape index (κ3) is 2.79. The van der Waals surface area contributed by atoms with Gasteiger partial charge in [0, 0.05) is 16.7 Å². The van der Waals surface area contributed by atoms with Crippen molar-refractivity contribution in [2.75, 3.05) is 0 Å². The summed E-state index contributed by atoms with van der Waals surface area (Å²) in [5.74, 6) is 0. The van der Waals surface area contributed by atoms with E-state index in [0.717, 1.165) is 16.8 Å². The number of nitriles is 1. The zero-order chi connectivity index (χ0) is 13.0. The van der Waals surface area contributed by atoms with Gasteiger partial charge in [0.2, 0.25) is 0 Å². The molecule has 0 saturated heterocycles. The Hall–Kier alpha value is -2.05. The number of nitrogens with zero attached hydrogens (tertiary/aromatic N) is 2. The molecule has 0 unspecified atom stereocenters. The monoisotopic (exact) mass is 252 g/mol. The first-order chi connectivity index (χ1) is 8.70. The highest BCUT2D eigenvalue weighted by Crippen LogP contribution is 2.20. The molecule has 0 spiro atoms. The molecule has 2 aromatic carbocycles. The second kappa shape index (κ2) is 5.52. The lowest BCUT2D eigenvalue weighted by atomic mass is 10.1. The van der Waals surface area contributed by atoms with Crippen LogP contribution in [0.15, 0.2) is 52.4 Å². The Morgan fingerprint density at radius 3 is 2.61 bits per heavy atom. The highest BCUT2D eigenvalue weighted by Gasteiger charge is 2.04. The summed E-state index contributed by atoms with van der Waals surface area (Å²) in [6, 6.07) is 15.6. The lowest BCUT2D eigenvalue weighted by Gasteiger charge is -2.03. The third-order valence-corrected chi connectivity index (χ3v) is 3.01. The molecule has 0 radical (unpaired) electrons. The molecular weight excluding hydrogens is 240 g/mol. The van der Waals surface area contributed by atoms with E-state index in [1.165, 1.54) is 0 Å². The molecule has 3 heteroatoms. The van der Waals surface area contributed by atoms with Crippen LogP contribution in [0.3, 0.4) is 0 Å². The van der Waals surface area contributed by atoms with Crippen LogP contribution in [0.25, 0.3) is 0 Å². The summed E-state index contributed by atoms with van der Waals surface area (Å²) in [7, 11) is 0. The van der Waals surface area contributed by atoms with Crippen LogP contribution in [-0.4, -0.2) is 6.21 Å². The Labute approximate surface area is 112 Å². The number of aliphatic imine (C=N–C) groups is 1. The Balaban J connectivity index is 2.38. The van der Waals surface area contributed by atoms with Crippen LogP contribution >= 0.6 is 12.6 Å². The van der Waals surface area contributed by atoms with E-state index in [0.29, 0.717) is 10.5 Å². The van der Waals surface area contributed by atoms with Crippen molar-refractivity contribution in [1.82, 2.24) is 0 Å². The average molecular weight is 252 g/mol. The number of aryl methyl sites for hydroxylation is 1.